The molecule has 3 N–H and O–H groups in total. The molecule has 1 saturated carbocycles. The SMILES string of the molecule is CN1CCc2nc(C(=O)NC3CC(C(=O)N4CCC4)CCC3NC(=O)c3cc4cc(Cl)ccc4[nH]3)sc2C1. The van der Waals surface area contributed by atoms with E-state index >= 15 is 0 Å². The van der Waals surface area contributed by atoms with Crippen LogP contribution in [0.15, 0.2) is 24.3 Å². The quantitative estimate of drug-likeness (QED) is 0.449. The molecule has 9 nitrogen and oxygen atoms in total. The third-order valence-electron chi connectivity index (χ3n) is 7.94. The number of rotatable bonds is 5. The lowest BCUT2D eigenvalue weighted by Crippen LogP contribution is -2.57. The fourth-order valence-corrected chi connectivity index (χ4v) is 6.92. The average molecular weight is 555 g/mol. The Bertz CT molecular complexity index is 1400. The van der Waals surface area contributed by atoms with E-state index in [1.54, 1.807) is 12.1 Å². The van der Waals surface area contributed by atoms with Crippen LogP contribution in [0, 0.1) is 5.92 Å². The molecule has 11 heteroatoms. The minimum atomic E-state index is -0.377. The summed E-state index contributed by atoms with van der Waals surface area (Å²) >= 11 is 7.54. The Morgan fingerprint density at radius 1 is 1.08 bits per heavy atom. The maximum Gasteiger partial charge on any atom is 0.280 e. The first-order chi connectivity index (χ1) is 18.3. The Labute approximate surface area is 229 Å². The maximum absolute atomic E-state index is 13.3. The predicted octanol–water partition coefficient (Wildman–Crippen LogP) is 3.20. The molecular formula is C27H31ClN6O3S. The van der Waals surface area contributed by atoms with Gasteiger partial charge in [0, 0.05) is 65.4 Å². The molecule has 1 aromatic carbocycles. The van der Waals surface area contributed by atoms with Crippen LogP contribution in [0.1, 0.15) is 56.5 Å². The summed E-state index contributed by atoms with van der Waals surface area (Å²) in [6, 6.07) is 6.53. The van der Waals surface area contributed by atoms with Gasteiger partial charge in [-0.25, -0.2) is 4.98 Å². The number of hydrogen-bond donors (Lipinski definition) is 3. The molecule has 0 spiro atoms. The van der Waals surface area contributed by atoms with E-state index in [0.29, 0.717) is 35.0 Å². The zero-order valence-corrected chi connectivity index (χ0v) is 22.8. The number of aromatic amines is 1. The summed E-state index contributed by atoms with van der Waals surface area (Å²) in [4.78, 5) is 52.6. The van der Waals surface area contributed by atoms with Crippen LogP contribution in [0.5, 0.6) is 0 Å². The first-order valence-electron chi connectivity index (χ1n) is 13.2. The minimum absolute atomic E-state index is 0.153. The van der Waals surface area contributed by atoms with E-state index in [0.717, 1.165) is 60.5 Å². The van der Waals surface area contributed by atoms with Gasteiger partial charge in [0.15, 0.2) is 5.01 Å². The van der Waals surface area contributed by atoms with Gasteiger partial charge in [0.25, 0.3) is 11.8 Å². The number of thiazole rings is 1. The average Bonchev–Trinajstić information content (AvgIpc) is 3.47. The molecule has 38 heavy (non-hydrogen) atoms. The van der Waals surface area contributed by atoms with Gasteiger partial charge in [0.1, 0.15) is 5.69 Å². The Kier molecular flexibility index (Phi) is 6.88. The fourth-order valence-electron chi connectivity index (χ4n) is 5.64. The number of nitrogens with one attached hydrogen (secondary N) is 3. The molecule has 0 bridgehead atoms. The number of fused-ring (bicyclic) bond motifs is 2. The normalized spacial score (nSPS) is 23.5. The first kappa shape index (κ1) is 25.3. The monoisotopic (exact) mass is 554 g/mol. The molecule has 1 aliphatic carbocycles. The van der Waals surface area contributed by atoms with E-state index in [9.17, 15) is 14.4 Å². The minimum Gasteiger partial charge on any atom is -0.351 e. The summed E-state index contributed by atoms with van der Waals surface area (Å²) in [7, 11) is 2.06. The molecule has 2 aromatic heterocycles. The van der Waals surface area contributed by atoms with Gasteiger partial charge in [-0.15, -0.1) is 11.3 Å². The number of benzene rings is 1. The highest BCUT2D eigenvalue weighted by Crippen LogP contribution is 2.30. The highest BCUT2D eigenvalue weighted by molar-refractivity contribution is 7.13. The zero-order valence-electron chi connectivity index (χ0n) is 21.3. The highest BCUT2D eigenvalue weighted by Gasteiger charge is 2.39. The molecule has 2 fully saturated rings. The second kappa shape index (κ2) is 10.3. The Morgan fingerprint density at radius 3 is 2.68 bits per heavy atom. The highest BCUT2D eigenvalue weighted by atomic mass is 35.5. The maximum atomic E-state index is 13.3. The van der Waals surface area contributed by atoms with Crippen LogP contribution in [-0.2, 0) is 17.8 Å². The number of likely N-dealkylation sites (tertiary alicyclic amines) is 1. The van der Waals surface area contributed by atoms with Crippen LogP contribution in [-0.4, -0.2) is 76.3 Å². The number of nitrogens with zero attached hydrogens (tertiary/aromatic N) is 3. The topological polar surface area (TPSA) is 110 Å². The van der Waals surface area contributed by atoms with Crippen LogP contribution in [0.25, 0.3) is 10.9 Å². The van der Waals surface area contributed by atoms with Gasteiger partial charge >= 0.3 is 0 Å². The molecule has 0 radical (unpaired) electrons. The molecule has 6 rings (SSSR count). The lowest BCUT2D eigenvalue weighted by Gasteiger charge is -2.40. The third-order valence-corrected chi connectivity index (χ3v) is 9.26. The summed E-state index contributed by atoms with van der Waals surface area (Å²) in [5, 5.41) is 8.16. The first-order valence-corrected chi connectivity index (χ1v) is 14.4. The lowest BCUT2D eigenvalue weighted by molar-refractivity contribution is -0.140. The Hall–Kier alpha value is -2.95. The van der Waals surface area contributed by atoms with Crippen molar-refractivity contribution in [3.63, 3.8) is 0 Å². The number of hydrogen-bond acceptors (Lipinski definition) is 6. The van der Waals surface area contributed by atoms with Gasteiger partial charge in [-0.2, -0.15) is 0 Å². The number of carbonyl (C=O) groups is 3. The fraction of sp³-hybridized carbons (Fsp3) is 0.481. The van der Waals surface area contributed by atoms with E-state index in [2.05, 4.69) is 32.5 Å². The van der Waals surface area contributed by atoms with Crippen LogP contribution in [0.2, 0.25) is 5.02 Å². The van der Waals surface area contributed by atoms with Gasteiger partial charge in [-0.1, -0.05) is 11.6 Å². The summed E-state index contributed by atoms with van der Waals surface area (Å²) < 4.78 is 0. The van der Waals surface area contributed by atoms with Gasteiger partial charge in [-0.05, 0) is 57.0 Å². The number of halogens is 1. The summed E-state index contributed by atoms with van der Waals surface area (Å²) in [6.45, 7) is 3.32. The van der Waals surface area contributed by atoms with Gasteiger partial charge in [-0.3, -0.25) is 14.4 Å². The number of H-pyrrole nitrogens is 1. The van der Waals surface area contributed by atoms with E-state index in [-0.39, 0.29) is 35.7 Å². The van der Waals surface area contributed by atoms with Crippen molar-refractivity contribution in [2.45, 2.75) is 50.7 Å². The van der Waals surface area contributed by atoms with Crippen LogP contribution >= 0.6 is 22.9 Å². The number of carbonyl (C=O) groups excluding carboxylic acids is 3. The molecule has 3 aliphatic rings. The standard InChI is InChI=1S/C27H31ClN6O3S/c1-33-10-7-20-23(14-33)38-26(32-20)25(36)31-21-12-15(27(37)34-8-2-9-34)3-5-19(21)30-24(35)22-13-16-11-17(28)4-6-18(16)29-22/h4,6,11,13,15,19,21,29H,2-3,5,7-10,12,14H2,1H3,(H,30,35)(H,31,36). The van der Waals surface area contributed by atoms with Crippen LogP contribution in [0.4, 0.5) is 0 Å². The smallest absolute Gasteiger partial charge is 0.280 e. The van der Waals surface area contributed by atoms with Crippen molar-refractivity contribution >= 4 is 51.6 Å². The Morgan fingerprint density at radius 2 is 1.89 bits per heavy atom. The van der Waals surface area contributed by atoms with Crippen LogP contribution in [0.3, 0.4) is 0 Å². The van der Waals surface area contributed by atoms with E-state index in [1.807, 2.05) is 17.0 Å². The van der Waals surface area contributed by atoms with Gasteiger partial charge < -0.3 is 25.4 Å². The lowest BCUT2D eigenvalue weighted by atomic mass is 9.81. The number of likely N-dealkylation sites (N-methyl/N-ethyl adjacent to an activating group) is 1. The second-order valence-corrected chi connectivity index (χ2v) is 12.2. The van der Waals surface area contributed by atoms with Crippen molar-refractivity contribution in [2.75, 3.05) is 26.7 Å². The number of aromatic nitrogens is 2. The van der Waals surface area contributed by atoms with E-state index < -0.39 is 0 Å². The van der Waals surface area contributed by atoms with Crippen molar-refractivity contribution in [3.8, 4) is 0 Å². The summed E-state index contributed by atoms with van der Waals surface area (Å²) in [5.74, 6) is -0.502. The molecule has 2 aliphatic heterocycles. The van der Waals surface area contributed by atoms with Gasteiger partial charge in [0.2, 0.25) is 5.91 Å². The third kappa shape index (κ3) is 5.04. The molecular weight excluding hydrogens is 524 g/mol. The largest absolute Gasteiger partial charge is 0.351 e. The summed E-state index contributed by atoms with van der Waals surface area (Å²) in [6.07, 6.45) is 3.64. The zero-order chi connectivity index (χ0) is 26.4. The molecule has 4 heterocycles. The Balaban J connectivity index is 1.19. The molecule has 1 saturated heterocycles. The van der Waals surface area contributed by atoms with Crippen molar-refractivity contribution in [3.05, 3.63) is 50.6 Å². The van der Waals surface area contributed by atoms with E-state index in [4.69, 9.17) is 11.6 Å². The van der Waals surface area contributed by atoms with E-state index in [1.165, 1.54) is 11.3 Å². The predicted molar refractivity (Wildman–Crippen MR) is 147 cm³/mol. The molecule has 3 aromatic rings. The summed E-state index contributed by atoms with van der Waals surface area (Å²) in [5.41, 5.74) is 2.26. The number of amides is 3. The molecule has 200 valence electrons. The van der Waals surface area contributed by atoms with Crippen molar-refractivity contribution in [1.29, 1.82) is 0 Å². The van der Waals surface area contributed by atoms with Crippen molar-refractivity contribution < 1.29 is 14.4 Å². The van der Waals surface area contributed by atoms with Gasteiger partial charge in [0.05, 0.1) is 11.7 Å². The molecule has 3 atom stereocenters. The second-order valence-electron chi connectivity index (χ2n) is 10.6. The van der Waals surface area contributed by atoms with Crippen LogP contribution < -0.4 is 10.6 Å². The molecule has 3 unspecified atom stereocenters. The van der Waals surface area contributed by atoms with Crippen molar-refractivity contribution in [1.82, 2.24) is 30.4 Å². The van der Waals surface area contributed by atoms with Crippen molar-refractivity contribution in [2.24, 2.45) is 5.92 Å². The molecule has 3 amide bonds.